The Balaban J connectivity index is 2.21. The minimum Gasteiger partial charge on any atom is -0.394 e. The molecule has 19 heavy (non-hydrogen) atoms. The average Bonchev–Trinajstić information content (AvgIpc) is 2.40. The number of aliphatic hydroxyl groups is 1. The van der Waals surface area contributed by atoms with Crippen LogP contribution in [0.2, 0.25) is 0 Å². The molecule has 1 aromatic carbocycles. The summed E-state index contributed by atoms with van der Waals surface area (Å²) < 4.78 is 19.3. The largest absolute Gasteiger partial charge is 0.394 e. The van der Waals surface area contributed by atoms with Gasteiger partial charge in [0.25, 0.3) is 5.91 Å². The van der Waals surface area contributed by atoms with Gasteiger partial charge >= 0.3 is 0 Å². The Bertz CT molecular complexity index is 483. The van der Waals surface area contributed by atoms with Gasteiger partial charge in [-0.1, -0.05) is 0 Å². The fraction of sp³-hybridized carbons (Fsp3) is 0.462. The highest BCUT2D eigenvalue weighted by molar-refractivity contribution is 9.10. The van der Waals surface area contributed by atoms with E-state index in [0.29, 0.717) is 17.6 Å². The first-order valence-corrected chi connectivity index (χ1v) is 6.81. The topological polar surface area (TPSA) is 49.8 Å². The van der Waals surface area contributed by atoms with E-state index in [-0.39, 0.29) is 30.3 Å². The zero-order chi connectivity index (χ0) is 14.0. The van der Waals surface area contributed by atoms with Crippen LogP contribution in [0.3, 0.4) is 0 Å². The lowest BCUT2D eigenvalue weighted by Crippen LogP contribution is -2.50. The number of halogens is 2. The molecular formula is C13H15BrFNO3. The van der Waals surface area contributed by atoms with Crippen molar-refractivity contribution in [1.82, 2.24) is 4.90 Å². The van der Waals surface area contributed by atoms with E-state index in [0.717, 1.165) is 0 Å². The number of hydrogen-bond donors (Lipinski definition) is 1. The second-order valence-corrected chi connectivity index (χ2v) is 5.44. The Hall–Kier alpha value is -0.980. The van der Waals surface area contributed by atoms with Crippen LogP contribution in [0.5, 0.6) is 0 Å². The molecule has 1 aliphatic rings. The normalized spacial score (nSPS) is 23.5. The van der Waals surface area contributed by atoms with Gasteiger partial charge in [0.1, 0.15) is 5.82 Å². The molecule has 2 atom stereocenters. The minimum atomic E-state index is -0.452. The van der Waals surface area contributed by atoms with Gasteiger partial charge in [0.2, 0.25) is 0 Å². The maximum Gasteiger partial charge on any atom is 0.255 e. The van der Waals surface area contributed by atoms with Crippen molar-refractivity contribution in [2.75, 3.05) is 19.7 Å². The van der Waals surface area contributed by atoms with Crippen LogP contribution < -0.4 is 0 Å². The third-order valence-electron chi connectivity index (χ3n) is 2.98. The molecule has 0 bridgehead atoms. The summed E-state index contributed by atoms with van der Waals surface area (Å²) in [5, 5.41) is 9.15. The molecule has 1 amide bonds. The van der Waals surface area contributed by atoms with Crippen LogP contribution in [0.25, 0.3) is 0 Å². The number of benzene rings is 1. The molecule has 2 rings (SSSR count). The first-order chi connectivity index (χ1) is 9.01. The molecule has 1 heterocycles. The molecule has 104 valence electrons. The number of hydrogen-bond acceptors (Lipinski definition) is 3. The van der Waals surface area contributed by atoms with Crippen molar-refractivity contribution in [3.05, 3.63) is 34.1 Å². The standard InChI is InChI=1S/C13H15BrFNO3/c1-8-5-16(6-10(7-17)19-8)13(18)11-4-9(15)2-3-12(11)14/h2-4,8,10,17H,5-7H2,1H3. The van der Waals surface area contributed by atoms with E-state index < -0.39 is 5.82 Å². The Labute approximate surface area is 119 Å². The third-order valence-corrected chi connectivity index (χ3v) is 3.67. The average molecular weight is 332 g/mol. The molecular weight excluding hydrogens is 317 g/mol. The van der Waals surface area contributed by atoms with Gasteiger partial charge in [-0.25, -0.2) is 4.39 Å². The van der Waals surface area contributed by atoms with Gasteiger partial charge in [0.05, 0.1) is 24.4 Å². The predicted octanol–water partition coefficient (Wildman–Crippen LogP) is 1.81. The molecule has 6 heteroatoms. The molecule has 0 spiro atoms. The molecule has 1 N–H and O–H groups in total. The van der Waals surface area contributed by atoms with Crippen molar-refractivity contribution in [3.8, 4) is 0 Å². The van der Waals surface area contributed by atoms with Crippen LogP contribution in [0, 0.1) is 5.82 Å². The number of carbonyl (C=O) groups is 1. The van der Waals surface area contributed by atoms with E-state index in [2.05, 4.69) is 15.9 Å². The van der Waals surface area contributed by atoms with Crippen LogP contribution in [0.1, 0.15) is 17.3 Å². The Morgan fingerprint density at radius 3 is 3.00 bits per heavy atom. The van der Waals surface area contributed by atoms with Gasteiger partial charge in [-0.2, -0.15) is 0 Å². The molecule has 0 aliphatic carbocycles. The van der Waals surface area contributed by atoms with Crippen molar-refractivity contribution in [2.45, 2.75) is 19.1 Å². The van der Waals surface area contributed by atoms with Crippen molar-refractivity contribution < 1.29 is 19.0 Å². The van der Waals surface area contributed by atoms with E-state index in [1.165, 1.54) is 18.2 Å². The van der Waals surface area contributed by atoms with Gasteiger partial charge in [-0.05, 0) is 41.1 Å². The molecule has 1 fully saturated rings. The number of nitrogens with zero attached hydrogens (tertiary/aromatic N) is 1. The van der Waals surface area contributed by atoms with Crippen molar-refractivity contribution in [3.63, 3.8) is 0 Å². The lowest BCUT2D eigenvalue weighted by atomic mass is 10.1. The van der Waals surface area contributed by atoms with Crippen molar-refractivity contribution in [1.29, 1.82) is 0 Å². The Morgan fingerprint density at radius 1 is 1.58 bits per heavy atom. The summed E-state index contributed by atoms with van der Waals surface area (Å²) in [6.07, 6.45) is -0.540. The zero-order valence-electron chi connectivity index (χ0n) is 10.5. The molecule has 2 unspecified atom stereocenters. The highest BCUT2D eigenvalue weighted by Gasteiger charge is 2.29. The molecule has 0 saturated carbocycles. The maximum atomic E-state index is 13.2. The summed E-state index contributed by atoms with van der Waals surface area (Å²) in [5.74, 6) is -0.716. The quantitative estimate of drug-likeness (QED) is 0.899. The van der Waals surface area contributed by atoms with Crippen LogP contribution >= 0.6 is 15.9 Å². The number of ether oxygens (including phenoxy) is 1. The van der Waals surface area contributed by atoms with E-state index in [9.17, 15) is 9.18 Å². The summed E-state index contributed by atoms with van der Waals surface area (Å²) >= 11 is 3.25. The zero-order valence-corrected chi connectivity index (χ0v) is 12.1. The van der Waals surface area contributed by atoms with Crippen LogP contribution in [-0.2, 0) is 4.74 Å². The van der Waals surface area contributed by atoms with E-state index >= 15 is 0 Å². The SMILES string of the molecule is CC1CN(C(=O)c2cc(F)ccc2Br)CC(CO)O1. The maximum absolute atomic E-state index is 13.2. The van der Waals surface area contributed by atoms with Gasteiger partial charge in [0, 0.05) is 17.6 Å². The molecule has 0 aromatic heterocycles. The Morgan fingerprint density at radius 2 is 2.32 bits per heavy atom. The van der Waals surface area contributed by atoms with E-state index in [4.69, 9.17) is 9.84 Å². The van der Waals surface area contributed by atoms with Gasteiger partial charge in [-0.15, -0.1) is 0 Å². The minimum absolute atomic E-state index is 0.140. The first-order valence-electron chi connectivity index (χ1n) is 6.02. The van der Waals surface area contributed by atoms with Crippen LogP contribution in [-0.4, -0.2) is 47.8 Å². The second-order valence-electron chi connectivity index (χ2n) is 4.59. The number of aliphatic hydroxyl groups excluding tert-OH is 1. The summed E-state index contributed by atoms with van der Waals surface area (Å²) in [4.78, 5) is 13.9. The predicted molar refractivity (Wildman–Crippen MR) is 71.4 cm³/mol. The second kappa shape index (κ2) is 5.98. The summed E-state index contributed by atoms with van der Waals surface area (Å²) in [6, 6.07) is 4.01. The monoisotopic (exact) mass is 331 g/mol. The molecule has 1 saturated heterocycles. The number of carbonyl (C=O) groups excluding carboxylic acids is 1. The molecule has 0 radical (unpaired) electrons. The number of morpholine rings is 1. The highest BCUT2D eigenvalue weighted by Crippen LogP contribution is 2.21. The van der Waals surface area contributed by atoms with E-state index in [1.807, 2.05) is 6.92 Å². The lowest BCUT2D eigenvalue weighted by Gasteiger charge is -2.36. The van der Waals surface area contributed by atoms with Crippen molar-refractivity contribution in [2.24, 2.45) is 0 Å². The summed E-state index contributed by atoms with van der Waals surface area (Å²) in [5.41, 5.74) is 0.283. The fourth-order valence-electron chi connectivity index (χ4n) is 2.14. The fourth-order valence-corrected chi connectivity index (χ4v) is 2.56. The molecule has 4 nitrogen and oxygen atoms in total. The van der Waals surface area contributed by atoms with Gasteiger partial charge in [0.15, 0.2) is 0 Å². The Kier molecular flexibility index (Phi) is 4.54. The van der Waals surface area contributed by atoms with Gasteiger partial charge in [-0.3, -0.25) is 4.79 Å². The smallest absolute Gasteiger partial charge is 0.255 e. The van der Waals surface area contributed by atoms with Crippen molar-refractivity contribution >= 4 is 21.8 Å². The number of rotatable bonds is 2. The number of amides is 1. The highest BCUT2D eigenvalue weighted by atomic mass is 79.9. The first kappa shape index (κ1) is 14.4. The van der Waals surface area contributed by atoms with Crippen LogP contribution in [0.15, 0.2) is 22.7 Å². The van der Waals surface area contributed by atoms with Crippen LogP contribution in [0.4, 0.5) is 4.39 Å². The summed E-state index contributed by atoms with van der Waals surface area (Å²) in [6.45, 7) is 2.43. The summed E-state index contributed by atoms with van der Waals surface area (Å²) in [7, 11) is 0. The molecule has 1 aromatic rings. The molecule has 1 aliphatic heterocycles. The third kappa shape index (κ3) is 3.32. The van der Waals surface area contributed by atoms with Gasteiger partial charge < -0.3 is 14.7 Å². The van der Waals surface area contributed by atoms with E-state index in [1.54, 1.807) is 4.90 Å². The lowest BCUT2D eigenvalue weighted by molar-refractivity contribution is -0.0858.